The largest absolute Gasteiger partial charge is 0.437 e. The highest BCUT2D eigenvalue weighted by Gasteiger charge is 2.15. The smallest absolute Gasteiger partial charge is 0.276 e. The van der Waals surface area contributed by atoms with Crippen molar-refractivity contribution >= 4 is 11.5 Å². The van der Waals surface area contributed by atoms with Crippen molar-refractivity contribution in [2.24, 2.45) is 0 Å². The average Bonchev–Trinajstić information content (AvgIpc) is 2.41. The molecule has 1 heterocycles. The quantitative estimate of drug-likeness (QED) is 0.671. The predicted octanol–water partition coefficient (Wildman–Crippen LogP) is 2.53. The van der Waals surface area contributed by atoms with Crippen LogP contribution >= 0.6 is 0 Å². The number of benzene rings is 1. The maximum atomic E-state index is 10.8. The molecule has 19 heavy (non-hydrogen) atoms. The van der Waals surface area contributed by atoms with Crippen LogP contribution in [0.15, 0.2) is 30.6 Å². The van der Waals surface area contributed by atoms with E-state index in [1.165, 1.54) is 12.3 Å². The van der Waals surface area contributed by atoms with E-state index in [1.807, 2.05) is 0 Å². The Morgan fingerprint density at radius 2 is 2.16 bits per heavy atom. The van der Waals surface area contributed by atoms with Crippen molar-refractivity contribution < 1.29 is 9.66 Å². The first kappa shape index (κ1) is 12.7. The third-order valence-corrected chi connectivity index (χ3v) is 2.54. The Balaban J connectivity index is 2.33. The summed E-state index contributed by atoms with van der Waals surface area (Å²) in [7, 11) is 1.71. The van der Waals surface area contributed by atoms with Crippen LogP contribution < -0.4 is 10.1 Å². The zero-order chi connectivity index (χ0) is 13.8. The normalized spacial score (nSPS) is 10.0. The summed E-state index contributed by atoms with van der Waals surface area (Å²) in [6, 6.07) is 4.64. The third-order valence-electron chi connectivity index (χ3n) is 2.54. The molecule has 1 aromatic heterocycles. The van der Waals surface area contributed by atoms with Crippen molar-refractivity contribution in [1.29, 1.82) is 0 Å². The van der Waals surface area contributed by atoms with Gasteiger partial charge < -0.3 is 10.1 Å². The maximum Gasteiger partial charge on any atom is 0.276 e. The molecule has 0 bridgehead atoms. The first-order chi connectivity index (χ1) is 9.11. The molecule has 1 aromatic carbocycles. The van der Waals surface area contributed by atoms with Crippen molar-refractivity contribution in [3.63, 3.8) is 0 Å². The topological polar surface area (TPSA) is 90.2 Å². The number of anilines is 1. The van der Waals surface area contributed by atoms with Crippen molar-refractivity contribution in [2.75, 3.05) is 12.4 Å². The van der Waals surface area contributed by atoms with Gasteiger partial charge in [0.25, 0.3) is 5.69 Å². The van der Waals surface area contributed by atoms with Gasteiger partial charge in [-0.15, -0.1) is 0 Å². The van der Waals surface area contributed by atoms with Gasteiger partial charge in [0.15, 0.2) is 0 Å². The van der Waals surface area contributed by atoms with Gasteiger partial charge >= 0.3 is 0 Å². The molecule has 0 spiro atoms. The van der Waals surface area contributed by atoms with Crippen LogP contribution in [0.4, 0.5) is 11.5 Å². The number of nitrogens with zero attached hydrogens (tertiary/aromatic N) is 3. The Morgan fingerprint density at radius 3 is 2.84 bits per heavy atom. The highest BCUT2D eigenvalue weighted by atomic mass is 16.6. The van der Waals surface area contributed by atoms with E-state index >= 15 is 0 Å². The molecule has 0 saturated heterocycles. The van der Waals surface area contributed by atoms with E-state index in [4.69, 9.17) is 4.74 Å². The lowest BCUT2D eigenvalue weighted by atomic mass is 10.2. The van der Waals surface area contributed by atoms with Gasteiger partial charge in [-0.05, 0) is 13.0 Å². The van der Waals surface area contributed by atoms with Crippen molar-refractivity contribution in [3.8, 4) is 11.6 Å². The van der Waals surface area contributed by atoms with Gasteiger partial charge in [0.2, 0.25) is 5.88 Å². The molecular weight excluding hydrogens is 248 g/mol. The lowest BCUT2D eigenvalue weighted by molar-refractivity contribution is -0.385. The number of hydrogen-bond donors (Lipinski definition) is 1. The van der Waals surface area contributed by atoms with Crippen LogP contribution in [-0.2, 0) is 0 Å². The Morgan fingerprint density at radius 1 is 1.37 bits per heavy atom. The van der Waals surface area contributed by atoms with Gasteiger partial charge in [0.05, 0.1) is 22.9 Å². The number of aromatic nitrogens is 2. The van der Waals surface area contributed by atoms with E-state index < -0.39 is 4.92 Å². The summed E-state index contributed by atoms with van der Waals surface area (Å²) in [5.41, 5.74) is 0.458. The van der Waals surface area contributed by atoms with E-state index in [-0.39, 0.29) is 11.6 Å². The monoisotopic (exact) mass is 260 g/mol. The number of hydrogen-bond acceptors (Lipinski definition) is 6. The summed E-state index contributed by atoms with van der Waals surface area (Å²) in [6.07, 6.45) is 2.99. The highest BCUT2D eigenvalue weighted by Crippen LogP contribution is 2.30. The van der Waals surface area contributed by atoms with Gasteiger partial charge in [0, 0.05) is 13.1 Å². The molecule has 0 amide bonds. The molecular formula is C12H12N4O3. The minimum atomic E-state index is -0.447. The fourth-order valence-corrected chi connectivity index (χ4v) is 1.54. The molecule has 0 atom stereocenters. The number of rotatable bonds is 4. The summed E-state index contributed by atoms with van der Waals surface area (Å²) < 4.78 is 5.52. The molecule has 7 heteroatoms. The van der Waals surface area contributed by atoms with E-state index in [2.05, 4.69) is 15.3 Å². The highest BCUT2D eigenvalue weighted by molar-refractivity contribution is 5.49. The molecule has 0 fully saturated rings. The van der Waals surface area contributed by atoms with Crippen LogP contribution in [0.1, 0.15) is 5.56 Å². The van der Waals surface area contributed by atoms with Crippen LogP contribution in [0.25, 0.3) is 0 Å². The molecule has 0 unspecified atom stereocenters. The molecule has 2 aromatic rings. The molecule has 0 aliphatic rings. The minimum absolute atomic E-state index is 0.00947. The Labute approximate surface area is 109 Å². The van der Waals surface area contributed by atoms with E-state index in [0.717, 1.165) is 0 Å². The van der Waals surface area contributed by atoms with Crippen molar-refractivity contribution in [3.05, 3.63) is 46.3 Å². The lowest BCUT2D eigenvalue weighted by Crippen LogP contribution is -1.98. The van der Waals surface area contributed by atoms with E-state index in [1.54, 1.807) is 32.3 Å². The van der Waals surface area contributed by atoms with Crippen molar-refractivity contribution in [2.45, 2.75) is 6.92 Å². The minimum Gasteiger partial charge on any atom is -0.437 e. The Bertz CT molecular complexity index is 616. The number of nitro benzene ring substituents is 1. The number of nitrogens with one attached hydrogen (secondary N) is 1. The molecule has 98 valence electrons. The molecule has 0 saturated carbocycles. The number of nitro groups is 1. The van der Waals surface area contributed by atoms with Gasteiger partial charge in [-0.2, -0.15) is 4.98 Å². The Hall–Kier alpha value is -2.70. The molecule has 0 aliphatic carbocycles. The van der Waals surface area contributed by atoms with Crippen LogP contribution in [0.5, 0.6) is 11.6 Å². The average molecular weight is 260 g/mol. The Kier molecular flexibility index (Phi) is 3.56. The summed E-state index contributed by atoms with van der Waals surface area (Å²) in [4.78, 5) is 18.5. The van der Waals surface area contributed by atoms with E-state index in [0.29, 0.717) is 17.1 Å². The number of ether oxygens (including phenoxy) is 1. The third kappa shape index (κ3) is 2.76. The summed E-state index contributed by atoms with van der Waals surface area (Å²) in [6.45, 7) is 1.63. The molecule has 7 nitrogen and oxygen atoms in total. The molecule has 2 rings (SSSR count). The van der Waals surface area contributed by atoms with E-state index in [9.17, 15) is 10.1 Å². The standard InChI is InChI=1S/C12H12N4O3/c1-8-9(16(17)18)4-3-5-10(8)19-12-7-14-6-11(13-2)15-12/h3-7H,1-2H3,(H,13,15). The lowest BCUT2D eigenvalue weighted by Gasteiger charge is -2.08. The second kappa shape index (κ2) is 5.30. The van der Waals surface area contributed by atoms with Gasteiger partial charge in [0.1, 0.15) is 11.6 Å². The van der Waals surface area contributed by atoms with Crippen LogP contribution in [0, 0.1) is 17.0 Å². The van der Waals surface area contributed by atoms with Gasteiger partial charge in [-0.1, -0.05) is 6.07 Å². The molecule has 1 N–H and O–H groups in total. The molecule has 0 radical (unpaired) electrons. The van der Waals surface area contributed by atoms with Crippen LogP contribution in [-0.4, -0.2) is 21.9 Å². The SMILES string of the molecule is CNc1cncc(Oc2cccc([N+](=O)[O-])c2C)n1. The fraction of sp³-hybridized carbons (Fsp3) is 0.167. The first-order valence-electron chi connectivity index (χ1n) is 5.53. The molecule has 0 aliphatic heterocycles. The van der Waals surface area contributed by atoms with Gasteiger partial charge in [-0.3, -0.25) is 15.1 Å². The zero-order valence-electron chi connectivity index (χ0n) is 10.5. The van der Waals surface area contributed by atoms with Crippen LogP contribution in [0.2, 0.25) is 0 Å². The predicted molar refractivity (Wildman–Crippen MR) is 69.5 cm³/mol. The zero-order valence-corrected chi connectivity index (χ0v) is 10.5. The second-order valence-corrected chi connectivity index (χ2v) is 3.75. The summed E-state index contributed by atoms with van der Waals surface area (Å²) in [5.74, 6) is 1.22. The second-order valence-electron chi connectivity index (χ2n) is 3.75. The first-order valence-corrected chi connectivity index (χ1v) is 5.53. The maximum absolute atomic E-state index is 10.8. The van der Waals surface area contributed by atoms with Gasteiger partial charge in [-0.25, -0.2) is 0 Å². The summed E-state index contributed by atoms with van der Waals surface area (Å²) >= 11 is 0. The summed E-state index contributed by atoms with van der Waals surface area (Å²) in [5, 5.41) is 13.7. The van der Waals surface area contributed by atoms with Crippen molar-refractivity contribution in [1.82, 2.24) is 9.97 Å². The fourth-order valence-electron chi connectivity index (χ4n) is 1.54. The van der Waals surface area contributed by atoms with Crippen LogP contribution in [0.3, 0.4) is 0 Å².